The number of rotatable bonds is 14. The molecule has 1 aromatic rings. The van der Waals surface area contributed by atoms with Gasteiger partial charge in [-0.3, -0.25) is 33.7 Å². The maximum Gasteiger partial charge on any atom is 0.315 e. The van der Waals surface area contributed by atoms with Crippen molar-refractivity contribution in [3.63, 3.8) is 0 Å². The minimum absolute atomic E-state index is 0.0132. The Labute approximate surface area is 319 Å². The largest absolute Gasteiger partial charge is 0.346 e. The van der Waals surface area contributed by atoms with Crippen LogP contribution in [0.2, 0.25) is 0 Å². The molecule has 5 atom stereocenters. The molecule has 2 heterocycles. The summed E-state index contributed by atoms with van der Waals surface area (Å²) in [4.78, 5) is 97.8. The van der Waals surface area contributed by atoms with Gasteiger partial charge in [0, 0.05) is 25.2 Å². The summed E-state index contributed by atoms with van der Waals surface area (Å²) in [5.74, 6) is -3.27. The van der Waals surface area contributed by atoms with Gasteiger partial charge in [-0.2, -0.15) is 0 Å². The minimum atomic E-state index is -1.07. The van der Waals surface area contributed by atoms with Gasteiger partial charge in [-0.05, 0) is 53.1 Å². The van der Waals surface area contributed by atoms with Crippen LogP contribution in [0.4, 0.5) is 4.79 Å². The zero-order valence-corrected chi connectivity index (χ0v) is 33.3. The molecule has 1 aliphatic carbocycles. The molecule has 0 aromatic heterocycles. The Balaban J connectivity index is 1.54. The van der Waals surface area contributed by atoms with E-state index in [0.29, 0.717) is 24.0 Å². The van der Waals surface area contributed by atoms with Crippen LogP contribution in [0.1, 0.15) is 103 Å². The smallest absolute Gasteiger partial charge is 0.315 e. The van der Waals surface area contributed by atoms with Crippen LogP contribution in [0.5, 0.6) is 0 Å². The van der Waals surface area contributed by atoms with E-state index in [4.69, 9.17) is 0 Å². The summed E-state index contributed by atoms with van der Waals surface area (Å²) >= 11 is 0. The summed E-state index contributed by atoms with van der Waals surface area (Å²) in [7, 11) is 0. The number of nitrogens with one attached hydrogen (secondary N) is 4. The van der Waals surface area contributed by atoms with Crippen LogP contribution in [0.15, 0.2) is 36.9 Å². The topological polar surface area (TPSA) is 174 Å². The third-order valence-electron chi connectivity index (χ3n) is 11.2. The molecule has 3 aliphatic rings. The maximum atomic E-state index is 14.6. The van der Waals surface area contributed by atoms with Crippen LogP contribution >= 0.6 is 0 Å². The first kappa shape index (κ1) is 42.2. The first-order valence-electron chi connectivity index (χ1n) is 19.3. The first-order chi connectivity index (χ1) is 25.2. The van der Waals surface area contributed by atoms with E-state index in [2.05, 4.69) is 27.8 Å². The highest BCUT2D eigenvalue weighted by Crippen LogP contribution is 2.35. The Morgan fingerprint density at radius 1 is 0.926 bits per heavy atom. The molecule has 2 aliphatic heterocycles. The number of hydrogen-bond acceptors (Lipinski definition) is 7. The Morgan fingerprint density at radius 3 is 2.17 bits per heavy atom. The first-order valence-corrected chi connectivity index (χ1v) is 19.3. The van der Waals surface area contributed by atoms with E-state index < -0.39 is 70.4 Å². The van der Waals surface area contributed by atoms with Gasteiger partial charge in [0.15, 0.2) is 0 Å². The fraction of sp³-hybridized carbons (Fsp3) is 0.634. The number of fused-ring (bicyclic) bond motifs is 1. The third kappa shape index (κ3) is 9.95. The second kappa shape index (κ2) is 17.3. The van der Waals surface area contributed by atoms with Crippen LogP contribution in [0.3, 0.4) is 0 Å². The molecular weight excluding hydrogens is 688 g/mol. The van der Waals surface area contributed by atoms with Crippen molar-refractivity contribution in [1.82, 2.24) is 31.1 Å². The van der Waals surface area contributed by atoms with Crippen molar-refractivity contribution < 1.29 is 33.6 Å². The summed E-state index contributed by atoms with van der Waals surface area (Å²) in [5.41, 5.74) is -0.270. The van der Waals surface area contributed by atoms with Gasteiger partial charge >= 0.3 is 6.03 Å². The lowest BCUT2D eigenvalue weighted by Gasteiger charge is -2.39. The lowest BCUT2D eigenvalue weighted by atomic mass is 9.80. The summed E-state index contributed by atoms with van der Waals surface area (Å²) < 4.78 is 0. The van der Waals surface area contributed by atoms with Crippen LogP contribution in [0.25, 0.3) is 0 Å². The highest BCUT2D eigenvalue weighted by molar-refractivity contribution is 6.38. The minimum Gasteiger partial charge on any atom is -0.346 e. The molecule has 0 radical (unpaired) electrons. The van der Waals surface area contributed by atoms with E-state index in [1.807, 2.05) is 55.4 Å². The molecule has 4 N–H and O–H groups in total. The predicted octanol–water partition coefficient (Wildman–Crippen LogP) is 3.76. The Kier molecular flexibility index (Phi) is 13.5. The highest BCUT2D eigenvalue weighted by atomic mass is 16.2. The van der Waals surface area contributed by atoms with Crippen molar-refractivity contribution in [2.24, 2.45) is 28.6 Å². The number of nitrogens with zero attached hydrogens (tertiary/aromatic N) is 2. The van der Waals surface area contributed by atoms with Crippen molar-refractivity contribution in [2.45, 2.75) is 118 Å². The van der Waals surface area contributed by atoms with Crippen molar-refractivity contribution in [3.8, 4) is 0 Å². The maximum absolute atomic E-state index is 14.6. The summed E-state index contributed by atoms with van der Waals surface area (Å²) in [6.45, 7) is 19.0. The zero-order chi connectivity index (χ0) is 40.1. The molecule has 1 unspecified atom stereocenters. The second-order valence-electron chi connectivity index (χ2n) is 17.6. The molecule has 54 heavy (non-hydrogen) atoms. The van der Waals surface area contributed by atoms with Gasteiger partial charge in [0.05, 0.1) is 18.5 Å². The molecule has 7 amide bonds. The van der Waals surface area contributed by atoms with Crippen LogP contribution in [0, 0.1) is 28.6 Å². The molecule has 0 spiro atoms. The number of carbonyl (C=O) groups is 7. The van der Waals surface area contributed by atoms with Crippen molar-refractivity contribution in [3.05, 3.63) is 48.0 Å². The number of benzene rings is 1. The lowest BCUT2D eigenvalue weighted by molar-refractivity contribution is -0.145. The Bertz CT molecular complexity index is 1620. The normalized spacial score (nSPS) is 20.7. The molecule has 4 rings (SSSR count). The van der Waals surface area contributed by atoms with E-state index in [9.17, 15) is 33.6 Å². The van der Waals surface area contributed by atoms with Crippen LogP contribution in [-0.2, 0) is 30.4 Å². The molecule has 296 valence electrons. The van der Waals surface area contributed by atoms with Gasteiger partial charge in [0.25, 0.3) is 11.8 Å². The standard InChI is InChI=1S/C41H60N6O7/c1-10-19-42-36(51)33(49)29(21-25-14-13-15-25)43-35(50)32-27(24(2)3)18-20-46(32)38(53)34(41(7,8)9)45-39(54)44-30(40(4,5)6)23-47-31(48)22-26-16-11-12-17-28(26)37(47)52/h10-12,16-17,24-25,27,29-30,32,34H,1,13-15,18-23H2,2-9H3,(H,42,51)(H,43,50)(H2,44,45,54)/t27-,29?,30-,32+,34-/m1/s1. The zero-order valence-electron chi connectivity index (χ0n) is 33.3. The Hall–Kier alpha value is -4.55. The van der Waals surface area contributed by atoms with Crippen LogP contribution in [-0.4, -0.2) is 95.0 Å². The fourth-order valence-corrected chi connectivity index (χ4v) is 7.51. The molecule has 13 heteroatoms. The van der Waals surface area contributed by atoms with Gasteiger partial charge < -0.3 is 26.2 Å². The third-order valence-corrected chi connectivity index (χ3v) is 11.2. The molecule has 1 aromatic carbocycles. The van der Waals surface area contributed by atoms with Gasteiger partial charge in [-0.25, -0.2) is 4.79 Å². The number of urea groups is 1. The van der Waals surface area contributed by atoms with E-state index in [-0.39, 0.29) is 49.7 Å². The number of likely N-dealkylation sites (tertiary alicyclic amines) is 1. The fourth-order valence-electron chi connectivity index (χ4n) is 7.51. The van der Waals surface area contributed by atoms with Gasteiger partial charge in [-0.1, -0.05) is 98.9 Å². The number of imide groups is 1. The van der Waals surface area contributed by atoms with E-state index >= 15 is 0 Å². The quantitative estimate of drug-likeness (QED) is 0.127. The van der Waals surface area contributed by atoms with Crippen LogP contribution < -0.4 is 21.3 Å². The van der Waals surface area contributed by atoms with Crippen molar-refractivity contribution >= 4 is 41.4 Å². The SMILES string of the molecule is C=CCNC(=O)C(=O)C(CC1CCC1)NC(=O)[C@@H]1[C@@H](C(C)C)CCN1C(=O)[C@@H](NC(=O)N[C@H](CN1C(=O)Cc2ccccc2C1=O)C(C)(C)C)C(C)(C)C. The van der Waals surface area contributed by atoms with Crippen molar-refractivity contribution in [1.29, 1.82) is 0 Å². The summed E-state index contributed by atoms with van der Waals surface area (Å²) in [6, 6.07) is 2.61. The van der Waals surface area contributed by atoms with E-state index in [1.165, 1.54) is 15.9 Å². The number of amides is 7. The number of hydrogen-bond donors (Lipinski definition) is 4. The molecule has 1 saturated carbocycles. The number of carbonyl (C=O) groups excluding carboxylic acids is 7. The van der Waals surface area contributed by atoms with Gasteiger partial charge in [0.2, 0.25) is 23.5 Å². The van der Waals surface area contributed by atoms with E-state index in [1.54, 1.807) is 24.3 Å². The highest BCUT2D eigenvalue weighted by Gasteiger charge is 2.48. The number of Topliss-reactive ketones (excluding diaryl/α,β-unsaturated/α-hetero) is 1. The molecule has 2 fully saturated rings. The summed E-state index contributed by atoms with van der Waals surface area (Å²) in [6.07, 6.45) is 5.26. The van der Waals surface area contributed by atoms with E-state index in [0.717, 1.165) is 19.3 Å². The lowest BCUT2D eigenvalue weighted by Crippen LogP contribution is -2.63. The predicted molar refractivity (Wildman–Crippen MR) is 205 cm³/mol. The van der Waals surface area contributed by atoms with Gasteiger partial charge in [-0.15, -0.1) is 6.58 Å². The van der Waals surface area contributed by atoms with Gasteiger partial charge in [0.1, 0.15) is 12.1 Å². The summed E-state index contributed by atoms with van der Waals surface area (Å²) in [5, 5.41) is 11.2. The monoisotopic (exact) mass is 748 g/mol. The Morgan fingerprint density at radius 2 is 1.59 bits per heavy atom. The molecule has 0 bridgehead atoms. The van der Waals surface area contributed by atoms with Crippen molar-refractivity contribution in [2.75, 3.05) is 19.6 Å². The molecular formula is C41H60N6O7. The average Bonchev–Trinajstić information content (AvgIpc) is 3.53. The average molecular weight is 749 g/mol. The number of ketones is 1. The molecule has 1 saturated heterocycles. The second-order valence-corrected chi connectivity index (χ2v) is 17.6. The molecule has 13 nitrogen and oxygen atoms in total.